The number of thiophene rings is 1. The summed E-state index contributed by atoms with van der Waals surface area (Å²) in [4.78, 5) is 17.6. The number of ether oxygens (including phenoxy) is 1. The summed E-state index contributed by atoms with van der Waals surface area (Å²) in [6.45, 7) is 1.35. The molecular weight excluding hydrogens is 280 g/mol. The average Bonchev–Trinajstić information content (AvgIpc) is 3.10. The SMILES string of the molecule is O=C(Nc1nc(-c2cccs2)cs1)C1CCOCC1. The largest absolute Gasteiger partial charge is 0.381 e. The van der Waals surface area contributed by atoms with E-state index in [9.17, 15) is 4.79 Å². The number of anilines is 1. The maximum Gasteiger partial charge on any atom is 0.229 e. The van der Waals surface area contributed by atoms with Crippen LogP contribution in [0.25, 0.3) is 10.6 Å². The summed E-state index contributed by atoms with van der Waals surface area (Å²) in [5.41, 5.74) is 0.933. The molecule has 100 valence electrons. The van der Waals surface area contributed by atoms with Gasteiger partial charge in [-0.25, -0.2) is 4.98 Å². The standard InChI is InChI=1S/C13H14N2O2S2/c16-12(9-3-5-17-6-4-9)15-13-14-10(8-19-13)11-2-1-7-18-11/h1-2,7-9H,3-6H2,(H,14,15,16). The van der Waals surface area contributed by atoms with Crippen LogP contribution in [-0.4, -0.2) is 24.1 Å². The fourth-order valence-corrected chi connectivity index (χ4v) is 3.51. The van der Waals surface area contributed by atoms with E-state index in [-0.39, 0.29) is 11.8 Å². The normalized spacial score (nSPS) is 16.4. The Morgan fingerprint density at radius 2 is 2.21 bits per heavy atom. The Hall–Kier alpha value is -1.24. The van der Waals surface area contributed by atoms with E-state index in [2.05, 4.69) is 10.3 Å². The summed E-state index contributed by atoms with van der Waals surface area (Å²) < 4.78 is 5.26. The molecule has 0 radical (unpaired) electrons. The van der Waals surface area contributed by atoms with Crippen LogP contribution in [0.4, 0.5) is 5.13 Å². The minimum Gasteiger partial charge on any atom is -0.381 e. The lowest BCUT2D eigenvalue weighted by Gasteiger charge is -2.20. The second-order valence-corrected chi connectivity index (χ2v) is 6.20. The van der Waals surface area contributed by atoms with E-state index in [1.54, 1.807) is 11.3 Å². The molecule has 1 aliphatic heterocycles. The van der Waals surface area contributed by atoms with Crippen molar-refractivity contribution in [3.05, 3.63) is 22.9 Å². The Bertz CT molecular complexity index is 545. The Kier molecular flexibility index (Phi) is 3.91. The number of hydrogen-bond donors (Lipinski definition) is 1. The van der Waals surface area contributed by atoms with Crippen LogP contribution in [0, 0.1) is 5.92 Å². The second-order valence-electron chi connectivity index (χ2n) is 4.39. The molecule has 2 aromatic heterocycles. The topological polar surface area (TPSA) is 51.2 Å². The average molecular weight is 294 g/mol. The molecule has 0 saturated carbocycles. The van der Waals surface area contributed by atoms with Crippen LogP contribution < -0.4 is 5.32 Å². The Morgan fingerprint density at radius 1 is 1.37 bits per heavy atom. The lowest BCUT2D eigenvalue weighted by molar-refractivity contribution is -0.122. The monoisotopic (exact) mass is 294 g/mol. The van der Waals surface area contributed by atoms with Gasteiger partial charge >= 0.3 is 0 Å². The second kappa shape index (κ2) is 5.81. The van der Waals surface area contributed by atoms with Gasteiger partial charge in [0.15, 0.2) is 5.13 Å². The minimum atomic E-state index is 0.0582. The first-order valence-electron chi connectivity index (χ1n) is 6.21. The lowest BCUT2D eigenvalue weighted by atomic mass is 10.00. The third kappa shape index (κ3) is 3.02. The molecule has 1 saturated heterocycles. The van der Waals surface area contributed by atoms with Gasteiger partial charge in [-0.3, -0.25) is 4.79 Å². The van der Waals surface area contributed by atoms with Gasteiger partial charge in [0.1, 0.15) is 0 Å². The van der Waals surface area contributed by atoms with Crippen LogP contribution in [0.1, 0.15) is 12.8 Å². The third-order valence-corrected chi connectivity index (χ3v) is 4.75. The Labute approximate surface area is 119 Å². The molecule has 6 heteroatoms. The number of amides is 1. The number of carbonyl (C=O) groups excluding carboxylic acids is 1. The molecule has 0 atom stereocenters. The van der Waals surface area contributed by atoms with Gasteiger partial charge in [0.2, 0.25) is 5.91 Å². The molecule has 3 heterocycles. The van der Waals surface area contributed by atoms with Crippen LogP contribution in [0.15, 0.2) is 22.9 Å². The summed E-state index contributed by atoms with van der Waals surface area (Å²) >= 11 is 3.12. The zero-order valence-corrected chi connectivity index (χ0v) is 11.9. The zero-order valence-electron chi connectivity index (χ0n) is 10.3. The number of thiazole rings is 1. The number of hydrogen-bond acceptors (Lipinski definition) is 5. The minimum absolute atomic E-state index is 0.0582. The van der Waals surface area contributed by atoms with Crippen molar-refractivity contribution in [2.45, 2.75) is 12.8 Å². The number of aromatic nitrogens is 1. The van der Waals surface area contributed by atoms with Gasteiger partial charge in [-0.2, -0.15) is 0 Å². The van der Waals surface area contributed by atoms with Crippen molar-refractivity contribution >= 4 is 33.7 Å². The molecule has 1 fully saturated rings. The van der Waals surface area contributed by atoms with Gasteiger partial charge in [-0.15, -0.1) is 22.7 Å². The number of nitrogens with zero attached hydrogens (tertiary/aromatic N) is 1. The van der Waals surface area contributed by atoms with Gasteiger partial charge in [-0.1, -0.05) is 6.07 Å². The van der Waals surface area contributed by atoms with E-state index in [1.807, 2.05) is 22.9 Å². The molecule has 0 aliphatic carbocycles. The van der Waals surface area contributed by atoms with Crippen molar-refractivity contribution in [2.75, 3.05) is 18.5 Å². The van der Waals surface area contributed by atoms with Gasteiger partial charge in [0.05, 0.1) is 10.6 Å². The van der Waals surface area contributed by atoms with Crippen LogP contribution >= 0.6 is 22.7 Å². The van der Waals surface area contributed by atoms with Gasteiger partial charge in [0.25, 0.3) is 0 Å². The van der Waals surface area contributed by atoms with E-state index in [0.29, 0.717) is 18.3 Å². The highest BCUT2D eigenvalue weighted by Crippen LogP contribution is 2.28. The van der Waals surface area contributed by atoms with E-state index in [4.69, 9.17) is 4.74 Å². The molecule has 1 N–H and O–H groups in total. The molecule has 1 amide bonds. The number of carbonyl (C=O) groups is 1. The first-order chi connectivity index (χ1) is 9.33. The smallest absolute Gasteiger partial charge is 0.229 e. The lowest BCUT2D eigenvalue weighted by Crippen LogP contribution is -2.28. The highest BCUT2D eigenvalue weighted by atomic mass is 32.1. The first-order valence-corrected chi connectivity index (χ1v) is 7.97. The van der Waals surface area contributed by atoms with E-state index in [0.717, 1.165) is 23.4 Å². The Balaban J connectivity index is 1.65. The fraction of sp³-hybridized carbons (Fsp3) is 0.385. The summed E-state index contributed by atoms with van der Waals surface area (Å²) in [6.07, 6.45) is 1.60. The molecule has 2 aromatic rings. The molecule has 0 bridgehead atoms. The first kappa shape index (κ1) is 12.8. The maximum absolute atomic E-state index is 12.1. The van der Waals surface area contributed by atoms with Crippen molar-refractivity contribution < 1.29 is 9.53 Å². The molecule has 4 nitrogen and oxygen atoms in total. The van der Waals surface area contributed by atoms with Gasteiger partial charge < -0.3 is 10.1 Å². The van der Waals surface area contributed by atoms with E-state index < -0.39 is 0 Å². The van der Waals surface area contributed by atoms with Gasteiger partial charge in [-0.05, 0) is 24.3 Å². The van der Waals surface area contributed by atoms with Gasteiger partial charge in [0, 0.05) is 24.5 Å². The summed E-state index contributed by atoms with van der Waals surface area (Å²) in [5, 5.41) is 7.59. The highest BCUT2D eigenvalue weighted by molar-refractivity contribution is 7.16. The van der Waals surface area contributed by atoms with Crippen molar-refractivity contribution in [3.63, 3.8) is 0 Å². The van der Waals surface area contributed by atoms with E-state index in [1.165, 1.54) is 11.3 Å². The van der Waals surface area contributed by atoms with Crippen LogP contribution in [0.3, 0.4) is 0 Å². The van der Waals surface area contributed by atoms with Crippen molar-refractivity contribution in [1.29, 1.82) is 0 Å². The summed E-state index contributed by atoms with van der Waals surface area (Å²) in [6, 6.07) is 4.03. The van der Waals surface area contributed by atoms with Crippen molar-refractivity contribution in [3.8, 4) is 10.6 Å². The van der Waals surface area contributed by atoms with E-state index >= 15 is 0 Å². The van der Waals surface area contributed by atoms with Crippen LogP contribution in [0.2, 0.25) is 0 Å². The fourth-order valence-electron chi connectivity index (χ4n) is 2.04. The molecule has 1 aliphatic rings. The van der Waals surface area contributed by atoms with Crippen LogP contribution in [0.5, 0.6) is 0 Å². The predicted octanol–water partition coefficient (Wildman–Crippen LogP) is 3.24. The predicted molar refractivity (Wildman–Crippen MR) is 77.6 cm³/mol. The van der Waals surface area contributed by atoms with Crippen molar-refractivity contribution in [2.24, 2.45) is 5.92 Å². The number of rotatable bonds is 3. The van der Waals surface area contributed by atoms with Crippen LogP contribution in [-0.2, 0) is 9.53 Å². The zero-order chi connectivity index (χ0) is 13.1. The summed E-state index contributed by atoms with van der Waals surface area (Å²) in [7, 11) is 0. The Morgan fingerprint density at radius 3 is 2.95 bits per heavy atom. The molecule has 0 unspecified atom stereocenters. The molecule has 0 aromatic carbocycles. The third-order valence-electron chi connectivity index (χ3n) is 3.10. The molecule has 19 heavy (non-hydrogen) atoms. The molecule has 0 spiro atoms. The maximum atomic E-state index is 12.1. The van der Waals surface area contributed by atoms with Crippen molar-refractivity contribution in [1.82, 2.24) is 4.98 Å². The molecule has 3 rings (SSSR count). The highest BCUT2D eigenvalue weighted by Gasteiger charge is 2.22. The molecular formula is C13H14N2O2S2. The number of nitrogens with one attached hydrogen (secondary N) is 1. The quantitative estimate of drug-likeness (QED) is 0.945. The summed E-state index contributed by atoms with van der Waals surface area (Å²) in [5.74, 6) is 0.123.